The van der Waals surface area contributed by atoms with E-state index in [0.717, 1.165) is 28.5 Å². The smallest absolute Gasteiger partial charge is 0.150 e. The average molecular weight is 279 g/mol. The fraction of sp³-hybridized carbons (Fsp3) is 0.133. The maximum atomic E-state index is 11.2. The third kappa shape index (κ3) is 2.43. The van der Waals surface area contributed by atoms with E-state index in [1.165, 1.54) is 0 Å². The number of hydrogen-bond donors (Lipinski definition) is 0. The van der Waals surface area contributed by atoms with E-state index in [4.69, 9.17) is 23.2 Å². The van der Waals surface area contributed by atoms with Crippen molar-refractivity contribution >= 4 is 29.5 Å². The first-order valence-corrected chi connectivity index (χ1v) is 6.30. The molecule has 2 aromatic carbocycles. The molecule has 0 radical (unpaired) electrons. The molecule has 0 aromatic heterocycles. The van der Waals surface area contributed by atoms with Gasteiger partial charge in [-0.2, -0.15) is 0 Å². The molecule has 0 bridgehead atoms. The number of carbonyl (C=O) groups excluding carboxylic acids is 1. The first-order chi connectivity index (χ1) is 8.52. The van der Waals surface area contributed by atoms with Crippen molar-refractivity contribution in [2.75, 3.05) is 0 Å². The molecule has 92 valence electrons. The van der Waals surface area contributed by atoms with Gasteiger partial charge in [0, 0.05) is 5.56 Å². The Balaban J connectivity index is 2.69. The molecule has 0 N–H and O–H groups in total. The molecule has 0 saturated heterocycles. The summed E-state index contributed by atoms with van der Waals surface area (Å²) in [5.41, 5.74) is 4.56. The monoisotopic (exact) mass is 278 g/mol. The Hall–Kier alpha value is -1.31. The van der Waals surface area contributed by atoms with E-state index in [9.17, 15) is 4.79 Å². The summed E-state index contributed by atoms with van der Waals surface area (Å²) in [5.74, 6) is 0. The molecular formula is C15H12Cl2O. The second-order valence-electron chi connectivity index (χ2n) is 4.29. The summed E-state index contributed by atoms with van der Waals surface area (Å²) in [5, 5.41) is 1.00. The Kier molecular flexibility index (Phi) is 3.74. The molecule has 18 heavy (non-hydrogen) atoms. The summed E-state index contributed by atoms with van der Waals surface area (Å²) in [6.45, 7) is 3.93. The van der Waals surface area contributed by atoms with E-state index < -0.39 is 0 Å². The number of benzene rings is 2. The lowest BCUT2D eigenvalue weighted by Gasteiger charge is -2.10. The van der Waals surface area contributed by atoms with Crippen molar-refractivity contribution in [1.82, 2.24) is 0 Å². The van der Waals surface area contributed by atoms with E-state index in [0.29, 0.717) is 15.6 Å². The highest BCUT2D eigenvalue weighted by molar-refractivity contribution is 6.42. The third-order valence-corrected chi connectivity index (χ3v) is 3.62. The molecular weight excluding hydrogens is 267 g/mol. The summed E-state index contributed by atoms with van der Waals surface area (Å²) >= 11 is 11.9. The van der Waals surface area contributed by atoms with E-state index in [1.54, 1.807) is 12.1 Å². The minimum atomic E-state index is 0.491. The third-order valence-electron chi connectivity index (χ3n) is 2.88. The van der Waals surface area contributed by atoms with Gasteiger partial charge >= 0.3 is 0 Å². The SMILES string of the molecule is Cc1cc(C)c(C=O)c(-c2ccc(Cl)c(Cl)c2)c1. The van der Waals surface area contributed by atoms with E-state index >= 15 is 0 Å². The summed E-state index contributed by atoms with van der Waals surface area (Å²) < 4.78 is 0. The van der Waals surface area contributed by atoms with Crippen LogP contribution in [0.4, 0.5) is 0 Å². The van der Waals surface area contributed by atoms with Crippen molar-refractivity contribution in [3.05, 3.63) is 57.1 Å². The molecule has 2 rings (SSSR count). The van der Waals surface area contributed by atoms with Gasteiger partial charge in [0.1, 0.15) is 0 Å². The molecule has 0 atom stereocenters. The Morgan fingerprint density at radius 1 is 1.00 bits per heavy atom. The summed E-state index contributed by atoms with van der Waals surface area (Å²) in [6, 6.07) is 9.37. The lowest BCUT2D eigenvalue weighted by atomic mass is 9.94. The van der Waals surface area contributed by atoms with Gasteiger partial charge in [-0.3, -0.25) is 4.79 Å². The second-order valence-corrected chi connectivity index (χ2v) is 5.10. The fourth-order valence-corrected chi connectivity index (χ4v) is 2.34. The molecule has 0 unspecified atom stereocenters. The largest absolute Gasteiger partial charge is 0.298 e. The van der Waals surface area contributed by atoms with Crippen LogP contribution in [0.2, 0.25) is 10.0 Å². The molecule has 1 nitrogen and oxygen atoms in total. The van der Waals surface area contributed by atoms with Crippen molar-refractivity contribution < 1.29 is 4.79 Å². The normalized spacial score (nSPS) is 10.4. The number of carbonyl (C=O) groups is 1. The number of rotatable bonds is 2. The van der Waals surface area contributed by atoms with Crippen LogP contribution in [-0.2, 0) is 0 Å². The van der Waals surface area contributed by atoms with Gasteiger partial charge in [0.15, 0.2) is 6.29 Å². The Morgan fingerprint density at radius 2 is 1.72 bits per heavy atom. The molecule has 0 amide bonds. The van der Waals surface area contributed by atoms with Crippen LogP contribution >= 0.6 is 23.2 Å². The Morgan fingerprint density at radius 3 is 2.33 bits per heavy atom. The Labute approximate surface area is 116 Å². The molecule has 0 aliphatic carbocycles. The van der Waals surface area contributed by atoms with Gasteiger partial charge in [0.05, 0.1) is 10.0 Å². The zero-order chi connectivity index (χ0) is 13.3. The van der Waals surface area contributed by atoms with Crippen LogP contribution in [0.5, 0.6) is 0 Å². The highest BCUT2D eigenvalue weighted by Gasteiger charge is 2.10. The van der Waals surface area contributed by atoms with Crippen molar-refractivity contribution in [1.29, 1.82) is 0 Å². The highest BCUT2D eigenvalue weighted by Crippen LogP contribution is 2.31. The highest BCUT2D eigenvalue weighted by atomic mass is 35.5. The zero-order valence-electron chi connectivity index (χ0n) is 10.1. The molecule has 0 fully saturated rings. The lowest BCUT2D eigenvalue weighted by molar-refractivity contribution is 0.112. The van der Waals surface area contributed by atoms with Gasteiger partial charge in [-0.25, -0.2) is 0 Å². The molecule has 0 heterocycles. The molecule has 0 saturated carbocycles. The van der Waals surface area contributed by atoms with Crippen molar-refractivity contribution in [3.8, 4) is 11.1 Å². The molecule has 0 aliphatic heterocycles. The standard InChI is InChI=1S/C15H12Cl2O/c1-9-5-10(2)13(8-18)12(6-9)11-3-4-14(16)15(17)7-11/h3-8H,1-2H3. The predicted molar refractivity (Wildman–Crippen MR) is 76.8 cm³/mol. The maximum absolute atomic E-state index is 11.2. The molecule has 0 aliphatic rings. The van der Waals surface area contributed by atoms with Crippen LogP contribution in [-0.4, -0.2) is 6.29 Å². The van der Waals surface area contributed by atoms with Crippen LogP contribution in [0.1, 0.15) is 21.5 Å². The Bertz CT molecular complexity index is 618. The fourth-order valence-electron chi connectivity index (χ4n) is 2.04. The average Bonchev–Trinajstić information content (AvgIpc) is 2.32. The number of aldehydes is 1. The number of aryl methyl sites for hydroxylation is 2. The van der Waals surface area contributed by atoms with Crippen molar-refractivity contribution in [3.63, 3.8) is 0 Å². The van der Waals surface area contributed by atoms with Gasteiger partial charge in [0.2, 0.25) is 0 Å². The quantitative estimate of drug-likeness (QED) is 0.700. The van der Waals surface area contributed by atoms with Crippen LogP contribution in [0, 0.1) is 13.8 Å². The van der Waals surface area contributed by atoms with Crippen LogP contribution in [0.25, 0.3) is 11.1 Å². The van der Waals surface area contributed by atoms with Gasteiger partial charge in [-0.05, 0) is 42.7 Å². The predicted octanol–water partition coefficient (Wildman–Crippen LogP) is 5.09. The van der Waals surface area contributed by atoms with Gasteiger partial charge < -0.3 is 0 Å². The van der Waals surface area contributed by atoms with E-state index in [1.807, 2.05) is 32.0 Å². The molecule has 0 spiro atoms. The van der Waals surface area contributed by atoms with Gasteiger partial charge in [0.25, 0.3) is 0 Å². The number of hydrogen-bond acceptors (Lipinski definition) is 1. The van der Waals surface area contributed by atoms with E-state index in [2.05, 4.69) is 0 Å². The van der Waals surface area contributed by atoms with E-state index in [-0.39, 0.29) is 0 Å². The molecule has 2 aromatic rings. The summed E-state index contributed by atoms with van der Waals surface area (Å²) in [7, 11) is 0. The first kappa shape index (κ1) is 13.1. The van der Waals surface area contributed by atoms with Gasteiger partial charge in [-0.1, -0.05) is 47.0 Å². The van der Waals surface area contributed by atoms with Crippen LogP contribution in [0.3, 0.4) is 0 Å². The maximum Gasteiger partial charge on any atom is 0.150 e. The molecule has 3 heteroatoms. The minimum absolute atomic E-state index is 0.491. The van der Waals surface area contributed by atoms with Gasteiger partial charge in [-0.15, -0.1) is 0 Å². The lowest BCUT2D eigenvalue weighted by Crippen LogP contribution is -1.93. The topological polar surface area (TPSA) is 17.1 Å². The van der Waals surface area contributed by atoms with Crippen LogP contribution < -0.4 is 0 Å². The zero-order valence-corrected chi connectivity index (χ0v) is 11.6. The second kappa shape index (κ2) is 5.13. The minimum Gasteiger partial charge on any atom is -0.298 e. The summed E-state index contributed by atoms with van der Waals surface area (Å²) in [6.07, 6.45) is 0.882. The van der Waals surface area contributed by atoms with Crippen molar-refractivity contribution in [2.45, 2.75) is 13.8 Å². The number of halogens is 2. The van der Waals surface area contributed by atoms with Crippen LogP contribution in [0.15, 0.2) is 30.3 Å². The first-order valence-electron chi connectivity index (χ1n) is 5.55. The summed E-state index contributed by atoms with van der Waals surface area (Å²) in [4.78, 5) is 11.2. The van der Waals surface area contributed by atoms with Crippen molar-refractivity contribution in [2.24, 2.45) is 0 Å².